The van der Waals surface area contributed by atoms with Crippen LogP contribution in [-0.4, -0.2) is 36.2 Å². The highest BCUT2D eigenvalue weighted by atomic mass is 35.5. The molecular formula is C21H24ClN4OS+. The molecule has 1 fully saturated rings. The van der Waals surface area contributed by atoms with E-state index in [1.165, 1.54) is 21.8 Å². The van der Waals surface area contributed by atoms with Gasteiger partial charge in [-0.2, -0.15) is 0 Å². The molecule has 1 N–H and O–H groups in total. The maximum absolute atomic E-state index is 13.8. The third kappa shape index (κ3) is 3.04. The highest BCUT2D eigenvalue weighted by Crippen LogP contribution is 2.32. The first-order valence-electron chi connectivity index (χ1n) is 10.0. The van der Waals surface area contributed by atoms with Crippen LogP contribution in [-0.2, 0) is 13.0 Å². The number of piperidine rings is 1. The summed E-state index contributed by atoms with van der Waals surface area (Å²) in [7, 11) is 2.21. The van der Waals surface area contributed by atoms with Crippen molar-refractivity contribution in [1.29, 1.82) is 0 Å². The Bertz CT molecular complexity index is 1080. The number of quaternary nitrogens is 1. The van der Waals surface area contributed by atoms with Crippen molar-refractivity contribution < 1.29 is 4.90 Å². The number of thiophene rings is 1. The van der Waals surface area contributed by atoms with Gasteiger partial charge < -0.3 is 9.80 Å². The van der Waals surface area contributed by atoms with Crippen LogP contribution >= 0.6 is 22.9 Å². The number of benzene rings is 1. The Hall–Kier alpha value is -1.89. The Kier molecular flexibility index (Phi) is 4.65. The summed E-state index contributed by atoms with van der Waals surface area (Å²) in [6.45, 7) is 3.94. The van der Waals surface area contributed by atoms with E-state index in [9.17, 15) is 4.79 Å². The standard InChI is InChI=1S/C21H23ClN4OS/c1-24-12-9-16-17(13-24)28-19-18(16)20(27)26(15-7-5-14(22)6-8-15)21(23-19)25-10-3-2-4-11-25/h5-8H,2-4,9-13H2,1H3/p+1. The monoisotopic (exact) mass is 415 g/mol. The molecule has 3 aromatic rings. The fraction of sp³-hybridized carbons (Fsp3) is 0.429. The molecule has 1 saturated heterocycles. The normalized spacial score (nSPS) is 19.8. The number of anilines is 1. The topological polar surface area (TPSA) is 42.6 Å². The average Bonchev–Trinajstić information content (AvgIpc) is 3.07. The van der Waals surface area contributed by atoms with Crippen LogP contribution in [0.5, 0.6) is 0 Å². The Morgan fingerprint density at radius 3 is 2.64 bits per heavy atom. The largest absolute Gasteiger partial charge is 0.342 e. The van der Waals surface area contributed by atoms with Gasteiger partial charge in [-0.1, -0.05) is 11.6 Å². The number of nitrogens with one attached hydrogen (secondary N) is 1. The maximum Gasteiger partial charge on any atom is 0.268 e. The van der Waals surface area contributed by atoms with Crippen molar-refractivity contribution in [2.45, 2.75) is 32.2 Å². The molecule has 2 aromatic heterocycles. The number of fused-ring (bicyclic) bond motifs is 3. The van der Waals surface area contributed by atoms with Crippen LogP contribution in [0.15, 0.2) is 29.1 Å². The molecule has 0 spiro atoms. The van der Waals surface area contributed by atoms with Gasteiger partial charge in [-0.15, -0.1) is 11.3 Å². The molecule has 2 aliphatic heterocycles. The molecule has 1 atom stereocenters. The number of aromatic nitrogens is 2. The summed E-state index contributed by atoms with van der Waals surface area (Å²) in [5.41, 5.74) is 2.11. The first kappa shape index (κ1) is 18.2. The summed E-state index contributed by atoms with van der Waals surface area (Å²) in [6.07, 6.45) is 4.47. The quantitative estimate of drug-likeness (QED) is 0.699. The second-order valence-corrected chi connectivity index (χ2v) is 9.41. The fourth-order valence-corrected chi connectivity index (χ4v) is 5.82. The second-order valence-electron chi connectivity index (χ2n) is 7.89. The average molecular weight is 416 g/mol. The lowest BCUT2D eigenvalue weighted by Crippen LogP contribution is -3.08. The Labute approximate surface area is 173 Å². The van der Waals surface area contributed by atoms with Gasteiger partial charge in [0.25, 0.3) is 5.56 Å². The van der Waals surface area contributed by atoms with Gasteiger partial charge in [0.05, 0.1) is 29.5 Å². The van der Waals surface area contributed by atoms with E-state index in [0.717, 1.165) is 67.3 Å². The van der Waals surface area contributed by atoms with Crippen molar-refractivity contribution >= 4 is 39.1 Å². The molecule has 5 nitrogen and oxygen atoms in total. The number of hydrogen-bond donors (Lipinski definition) is 1. The minimum absolute atomic E-state index is 0.0601. The molecule has 28 heavy (non-hydrogen) atoms. The third-order valence-electron chi connectivity index (χ3n) is 5.88. The zero-order chi connectivity index (χ0) is 19.3. The molecule has 0 bridgehead atoms. The van der Waals surface area contributed by atoms with E-state index in [2.05, 4.69) is 11.9 Å². The van der Waals surface area contributed by atoms with Crippen molar-refractivity contribution in [3.05, 3.63) is 50.1 Å². The first-order valence-corrected chi connectivity index (χ1v) is 11.2. The smallest absolute Gasteiger partial charge is 0.268 e. The van der Waals surface area contributed by atoms with Crippen LogP contribution in [0.2, 0.25) is 5.02 Å². The first-order chi connectivity index (χ1) is 13.6. The van der Waals surface area contributed by atoms with E-state index >= 15 is 0 Å². The van der Waals surface area contributed by atoms with Gasteiger partial charge in [-0.3, -0.25) is 4.79 Å². The summed E-state index contributed by atoms with van der Waals surface area (Å²) >= 11 is 7.81. The Morgan fingerprint density at radius 2 is 1.89 bits per heavy atom. The SMILES string of the molecule is C[NH+]1CCc2c(sc3nc(N4CCCCC4)n(-c4ccc(Cl)cc4)c(=O)c23)C1. The van der Waals surface area contributed by atoms with Crippen LogP contribution in [0.3, 0.4) is 0 Å². The van der Waals surface area contributed by atoms with E-state index in [0.29, 0.717) is 5.02 Å². The van der Waals surface area contributed by atoms with Gasteiger partial charge in [-0.05, 0) is 49.1 Å². The third-order valence-corrected chi connectivity index (χ3v) is 7.26. The molecule has 146 valence electrons. The van der Waals surface area contributed by atoms with E-state index in [-0.39, 0.29) is 5.56 Å². The number of likely N-dealkylation sites (N-methyl/N-ethyl adjacent to an activating group) is 1. The molecule has 1 unspecified atom stereocenters. The zero-order valence-corrected chi connectivity index (χ0v) is 17.6. The van der Waals surface area contributed by atoms with Crippen molar-refractivity contribution in [3.8, 4) is 5.69 Å². The van der Waals surface area contributed by atoms with Crippen molar-refractivity contribution in [1.82, 2.24) is 9.55 Å². The summed E-state index contributed by atoms with van der Waals surface area (Å²) < 4.78 is 1.81. The molecule has 0 radical (unpaired) electrons. The number of halogens is 1. The summed E-state index contributed by atoms with van der Waals surface area (Å²) in [4.78, 5) is 24.8. The van der Waals surface area contributed by atoms with Crippen LogP contribution in [0.1, 0.15) is 29.7 Å². The lowest BCUT2D eigenvalue weighted by Gasteiger charge is -2.29. The molecule has 7 heteroatoms. The minimum atomic E-state index is 0.0601. The highest BCUT2D eigenvalue weighted by molar-refractivity contribution is 7.18. The van der Waals surface area contributed by atoms with Gasteiger partial charge in [0.15, 0.2) is 0 Å². The van der Waals surface area contributed by atoms with Crippen molar-refractivity contribution in [2.75, 3.05) is 31.6 Å². The van der Waals surface area contributed by atoms with E-state index in [1.807, 2.05) is 28.8 Å². The van der Waals surface area contributed by atoms with E-state index < -0.39 is 0 Å². The van der Waals surface area contributed by atoms with E-state index in [4.69, 9.17) is 16.6 Å². The van der Waals surface area contributed by atoms with Crippen molar-refractivity contribution in [2.24, 2.45) is 0 Å². The van der Waals surface area contributed by atoms with Gasteiger partial charge in [0.2, 0.25) is 5.95 Å². The molecule has 2 aliphatic rings. The van der Waals surface area contributed by atoms with Gasteiger partial charge in [-0.25, -0.2) is 9.55 Å². The highest BCUT2D eigenvalue weighted by Gasteiger charge is 2.27. The fourth-order valence-electron chi connectivity index (χ4n) is 4.38. The Morgan fingerprint density at radius 1 is 1.14 bits per heavy atom. The van der Waals surface area contributed by atoms with Crippen LogP contribution in [0, 0.1) is 0 Å². The summed E-state index contributed by atoms with van der Waals surface area (Å²) in [5, 5.41) is 1.49. The molecule has 1 aromatic carbocycles. The Balaban J connectivity index is 1.77. The summed E-state index contributed by atoms with van der Waals surface area (Å²) in [5.74, 6) is 0.777. The van der Waals surface area contributed by atoms with Crippen LogP contribution in [0.25, 0.3) is 15.9 Å². The second kappa shape index (κ2) is 7.17. The lowest BCUT2D eigenvalue weighted by molar-refractivity contribution is -0.895. The zero-order valence-electron chi connectivity index (χ0n) is 16.0. The van der Waals surface area contributed by atoms with Gasteiger partial charge in [0.1, 0.15) is 11.4 Å². The van der Waals surface area contributed by atoms with Crippen LogP contribution < -0.4 is 15.4 Å². The molecule has 4 heterocycles. The minimum Gasteiger partial charge on any atom is -0.342 e. The van der Waals surface area contributed by atoms with Crippen molar-refractivity contribution in [3.63, 3.8) is 0 Å². The number of rotatable bonds is 2. The van der Waals surface area contributed by atoms with Gasteiger partial charge in [0, 0.05) is 24.5 Å². The number of nitrogens with zero attached hydrogens (tertiary/aromatic N) is 3. The molecule has 0 saturated carbocycles. The molecular weight excluding hydrogens is 392 g/mol. The van der Waals surface area contributed by atoms with E-state index in [1.54, 1.807) is 11.3 Å². The predicted molar refractivity (Wildman–Crippen MR) is 115 cm³/mol. The molecule has 5 rings (SSSR count). The van der Waals surface area contributed by atoms with Crippen LogP contribution in [0.4, 0.5) is 5.95 Å². The predicted octanol–water partition coefficient (Wildman–Crippen LogP) is 2.66. The molecule has 0 amide bonds. The maximum atomic E-state index is 13.8. The molecule has 0 aliphatic carbocycles. The summed E-state index contributed by atoms with van der Waals surface area (Å²) in [6, 6.07) is 7.52. The van der Waals surface area contributed by atoms with Gasteiger partial charge >= 0.3 is 0 Å². The number of hydrogen-bond acceptors (Lipinski definition) is 4. The lowest BCUT2D eigenvalue weighted by atomic mass is 10.1.